The van der Waals surface area contributed by atoms with Gasteiger partial charge in [-0.3, -0.25) is 4.90 Å². The molecule has 0 radical (unpaired) electrons. The zero-order valence-electron chi connectivity index (χ0n) is 14.8. The second-order valence-corrected chi connectivity index (χ2v) is 6.78. The predicted octanol–water partition coefficient (Wildman–Crippen LogP) is 3.11. The van der Waals surface area contributed by atoms with Crippen LogP contribution in [-0.4, -0.2) is 54.5 Å². The largest absolute Gasteiger partial charge is 0.480 e. The Hall–Kier alpha value is -2.86. The van der Waals surface area contributed by atoms with E-state index in [1.165, 1.54) is 4.90 Å². The first-order chi connectivity index (χ1) is 13.2. The SMILES string of the molecule is O=C(O)[C@@H]1COCCCN1C(=O)OCC1c2ccccc2-c2ccccc21. The summed E-state index contributed by atoms with van der Waals surface area (Å²) in [6.45, 7) is 0.917. The molecule has 0 unspecified atom stereocenters. The van der Waals surface area contributed by atoms with E-state index < -0.39 is 18.1 Å². The fraction of sp³-hybridized carbons (Fsp3) is 0.333. The van der Waals surface area contributed by atoms with Crippen LogP contribution in [-0.2, 0) is 14.3 Å². The Labute approximate surface area is 157 Å². The van der Waals surface area contributed by atoms with Gasteiger partial charge in [-0.05, 0) is 28.7 Å². The molecule has 0 spiro atoms. The lowest BCUT2D eigenvalue weighted by atomic mass is 9.98. The number of aliphatic carboxylic acids is 1. The maximum atomic E-state index is 12.6. The van der Waals surface area contributed by atoms with Gasteiger partial charge in [-0.2, -0.15) is 0 Å². The van der Waals surface area contributed by atoms with Crippen molar-refractivity contribution in [3.8, 4) is 11.1 Å². The van der Waals surface area contributed by atoms with Gasteiger partial charge in [-0.25, -0.2) is 9.59 Å². The van der Waals surface area contributed by atoms with E-state index >= 15 is 0 Å². The zero-order valence-corrected chi connectivity index (χ0v) is 14.8. The van der Waals surface area contributed by atoms with E-state index in [-0.39, 0.29) is 19.1 Å². The molecule has 6 heteroatoms. The summed E-state index contributed by atoms with van der Waals surface area (Å²) >= 11 is 0. The molecular formula is C21H21NO5. The van der Waals surface area contributed by atoms with Gasteiger partial charge in [0.2, 0.25) is 0 Å². The number of carbonyl (C=O) groups excluding carboxylic acids is 1. The van der Waals surface area contributed by atoms with E-state index in [4.69, 9.17) is 9.47 Å². The van der Waals surface area contributed by atoms with E-state index in [1.807, 2.05) is 36.4 Å². The van der Waals surface area contributed by atoms with Gasteiger partial charge in [-0.1, -0.05) is 48.5 Å². The lowest BCUT2D eigenvalue weighted by Gasteiger charge is -2.26. The third kappa shape index (κ3) is 3.28. The molecule has 1 aliphatic heterocycles. The summed E-state index contributed by atoms with van der Waals surface area (Å²) in [5, 5.41) is 9.39. The summed E-state index contributed by atoms with van der Waals surface area (Å²) in [4.78, 5) is 25.4. The molecule has 1 aliphatic carbocycles. The molecule has 1 amide bonds. The zero-order chi connectivity index (χ0) is 18.8. The van der Waals surface area contributed by atoms with E-state index in [2.05, 4.69) is 12.1 Å². The minimum atomic E-state index is -1.08. The highest BCUT2D eigenvalue weighted by Crippen LogP contribution is 2.44. The summed E-state index contributed by atoms with van der Waals surface area (Å²) in [6.07, 6.45) is -0.0108. The van der Waals surface area contributed by atoms with Gasteiger partial charge in [0.15, 0.2) is 6.04 Å². The smallest absolute Gasteiger partial charge is 0.410 e. The van der Waals surface area contributed by atoms with Crippen LogP contribution in [0.1, 0.15) is 23.5 Å². The van der Waals surface area contributed by atoms with Gasteiger partial charge >= 0.3 is 12.1 Å². The Kier molecular flexibility index (Phi) is 4.81. The van der Waals surface area contributed by atoms with Crippen molar-refractivity contribution in [2.45, 2.75) is 18.4 Å². The van der Waals surface area contributed by atoms with E-state index in [0.29, 0.717) is 19.6 Å². The maximum Gasteiger partial charge on any atom is 0.410 e. The third-order valence-corrected chi connectivity index (χ3v) is 5.20. The number of amides is 1. The first-order valence-corrected chi connectivity index (χ1v) is 9.09. The number of fused-ring (bicyclic) bond motifs is 3. The third-order valence-electron chi connectivity index (χ3n) is 5.20. The number of carboxylic acids is 1. The topological polar surface area (TPSA) is 76.1 Å². The minimum absolute atomic E-state index is 0.0144. The van der Waals surface area contributed by atoms with Crippen LogP contribution >= 0.6 is 0 Å². The lowest BCUT2D eigenvalue weighted by Crippen LogP contribution is -2.47. The average Bonchev–Trinajstić information content (AvgIpc) is 2.83. The molecule has 1 saturated heterocycles. The highest BCUT2D eigenvalue weighted by molar-refractivity contribution is 5.81. The Morgan fingerprint density at radius 1 is 1.07 bits per heavy atom. The highest BCUT2D eigenvalue weighted by Gasteiger charge is 2.34. The van der Waals surface area contributed by atoms with Gasteiger partial charge < -0.3 is 14.6 Å². The van der Waals surface area contributed by atoms with Crippen molar-refractivity contribution in [2.75, 3.05) is 26.4 Å². The molecule has 1 N–H and O–H groups in total. The molecule has 140 valence electrons. The van der Waals surface area contributed by atoms with Crippen LogP contribution in [0, 0.1) is 0 Å². The number of ether oxygens (including phenoxy) is 2. The summed E-state index contributed by atoms with van der Waals surface area (Å²) in [5.74, 6) is -1.13. The molecule has 2 aromatic rings. The first-order valence-electron chi connectivity index (χ1n) is 9.09. The first kappa shape index (κ1) is 17.5. The van der Waals surface area contributed by atoms with Crippen molar-refractivity contribution < 1.29 is 24.2 Å². The Morgan fingerprint density at radius 2 is 1.70 bits per heavy atom. The van der Waals surface area contributed by atoms with E-state index in [9.17, 15) is 14.7 Å². The molecule has 2 aliphatic rings. The normalized spacial score (nSPS) is 19.1. The fourth-order valence-electron chi connectivity index (χ4n) is 3.88. The number of nitrogens with zero attached hydrogens (tertiary/aromatic N) is 1. The molecule has 4 rings (SSSR count). The van der Waals surface area contributed by atoms with Crippen LogP contribution in [0.2, 0.25) is 0 Å². The maximum absolute atomic E-state index is 12.6. The van der Waals surface area contributed by atoms with Crippen molar-refractivity contribution in [1.29, 1.82) is 0 Å². The molecule has 0 saturated carbocycles. The van der Waals surface area contributed by atoms with Crippen molar-refractivity contribution >= 4 is 12.1 Å². The fourth-order valence-corrected chi connectivity index (χ4v) is 3.88. The number of hydrogen-bond donors (Lipinski definition) is 1. The molecular weight excluding hydrogens is 346 g/mol. The average molecular weight is 367 g/mol. The quantitative estimate of drug-likeness (QED) is 0.902. The minimum Gasteiger partial charge on any atom is -0.480 e. The Balaban J connectivity index is 1.53. The number of hydrogen-bond acceptors (Lipinski definition) is 4. The number of carboxylic acid groups (broad SMARTS) is 1. The van der Waals surface area contributed by atoms with E-state index in [0.717, 1.165) is 22.3 Å². The van der Waals surface area contributed by atoms with Gasteiger partial charge in [0.1, 0.15) is 6.61 Å². The molecule has 2 aromatic carbocycles. The van der Waals surface area contributed by atoms with Crippen molar-refractivity contribution in [3.05, 3.63) is 59.7 Å². The second-order valence-electron chi connectivity index (χ2n) is 6.78. The Bertz CT molecular complexity index is 820. The number of benzene rings is 2. The second kappa shape index (κ2) is 7.40. The summed E-state index contributed by atoms with van der Waals surface area (Å²) < 4.78 is 10.9. The standard InChI is InChI=1S/C21H21NO5/c23-20(24)19-13-26-11-5-10-22(19)21(25)27-12-18-16-8-3-1-6-14(16)15-7-2-4-9-17(15)18/h1-4,6-9,18-19H,5,10-13H2,(H,23,24)/t19-/m0/s1. The number of rotatable bonds is 3. The van der Waals surface area contributed by atoms with Crippen LogP contribution in [0.5, 0.6) is 0 Å². The van der Waals surface area contributed by atoms with Crippen molar-refractivity contribution in [2.24, 2.45) is 0 Å². The monoisotopic (exact) mass is 367 g/mol. The summed E-state index contributed by atoms with van der Waals surface area (Å²) in [6, 6.07) is 15.2. The molecule has 6 nitrogen and oxygen atoms in total. The molecule has 1 heterocycles. The van der Waals surface area contributed by atoms with Gasteiger partial charge in [0.25, 0.3) is 0 Å². The lowest BCUT2D eigenvalue weighted by molar-refractivity contribution is -0.144. The van der Waals surface area contributed by atoms with Crippen LogP contribution in [0.15, 0.2) is 48.5 Å². The van der Waals surface area contributed by atoms with Gasteiger partial charge in [0, 0.05) is 19.1 Å². The van der Waals surface area contributed by atoms with Gasteiger partial charge in [-0.15, -0.1) is 0 Å². The highest BCUT2D eigenvalue weighted by atomic mass is 16.6. The van der Waals surface area contributed by atoms with Crippen molar-refractivity contribution in [1.82, 2.24) is 4.90 Å². The van der Waals surface area contributed by atoms with Gasteiger partial charge in [0.05, 0.1) is 6.61 Å². The molecule has 1 fully saturated rings. The molecule has 27 heavy (non-hydrogen) atoms. The number of carbonyl (C=O) groups is 2. The summed E-state index contributed by atoms with van der Waals surface area (Å²) in [7, 11) is 0. The van der Waals surface area contributed by atoms with Crippen LogP contribution in [0.4, 0.5) is 4.79 Å². The molecule has 1 atom stereocenters. The molecule has 0 aromatic heterocycles. The van der Waals surface area contributed by atoms with Crippen LogP contribution in [0.25, 0.3) is 11.1 Å². The predicted molar refractivity (Wildman–Crippen MR) is 98.6 cm³/mol. The summed E-state index contributed by atoms with van der Waals surface area (Å²) in [5.41, 5.74) is 4.56. The van der Waals surface area contributed by atoms with Crippen molar-refractivity contribution in [3.63, 3.8) is 0 Å². The van der Waals surface area contributed by atoms with Crippen LogP contribution < -0.4 is 0 Å². The molecule has 0 bridgehead atoms. The van der Waals surface area contributed by atoms with Crippen LogP contribution in [0.3, 0.4) is 0 Å². The Morgan fingerprint density at radius 3 is 2.33 bits per heavy atom. The van der Waals surface area contributed by atoms with E-state index in [1.54, 1.807) is 0 Å².